The van der Waals surface area contributed by atoms with Crippen molar-refractivity contribution in [2.24, 2.45) is 0 Å². The molecule has 18 heavy (non-hydrogen) atoms. The van der Waals surface area contributed by atoms with Gasteiger partial charge in [-0.2, -0.15) is 0 Å². The molecule has 0 heterocycles. The summed E-state index contributed by atoms with van der Waals surface area (Å²) in [6, 6.07) is 8.55. The maximum Gasteiger partial charge on any atom is 0.194 e. The number of benzene rings is 2. The summed E-state index contributed by atoms with van der Waals surface area (Å²) >= 11 is 0. The molecular weight excluding hydrogens is 241 g/mol. The lowest BCUT2D eigenvalue weighted by atomic mass is 10.00. The lowest BCUT2D eigenvalue weighted by Gasteiger charge is -2.13. The Hall–Kier alpha value is -1.81. The van der Waals surface area contributed by atoms with Gasteiger partial charge in [-0.15, -0.1) is 0 Å². The molecule has 0 aliphatic carbocycles. The van der Waals surface area contributed by atoms with E-state index in [0.717, 1.165) is 17.7 Å². The Bertz CT molecular complexity index is 564. The molecule has 0 bridgehead atoms. The Labute approximate surface area is 103 Å². The number of aliphatic hydroxyl groups excluding tert-OH is 1. The molecule has 0 aliphatic heterocycles. The second-order valence-corrected chi connectivity index (χ2v) is 4.08. The van der Waals surface area contributed by atoms with E-state index in [9.17, 15) is 18.3 Å². The Balaban J connectivity index is 2.43. The predicted octanol–water partition coefficient (Wildman–Crippen LogP) is 3.49. The first-order valence-corrected chi connectivity index (χ1v) is 5.38. The number of rotatable bonds is 2. The second kappa shape index (κ2) is 4.82. The van der Waals surface area contributed by atoms with Crippen molar-refractivity contribution in [1.29, 1.82) is 0 Å². The second-order valence-electron chi connectivity index (χ2n) is 4.08. The van der Waals surface area contributed by atoms with Crippen molar-refractivity contribution in [1.82, 2.24) is 0 Å². The molecular formula is C14H11F3O. The van der Waals surface area contributed by atoms with Crippen LogP contribution in [-0.2, 0) is 0 Å². The Morgan fingerprint density at radius 2 is 1.50 bits per heavy atom. The molecule has 0 amide bonds. The number of halogens is 3. The van der Waals surface area contributed by atoms with Crippen molar-refractivity contribution < 1.29 is 18.3 Å². The Morgan fingerprint density at radius 3 is 2.11 bits per heavy atom. The Morgan fingerprint density at radius 1 is 0.889 bits per heavy atom. The van der Waals surface area contributed by atoms with Crippen LogP contribution in [0.5, 0.6) is 0 Å². The molecule has 2 aromatic rings. The molecule has 4 heteroatoms. The molecule has 0 aliphatic rings. The fraction of sp³-hybridized carbons (Fsp3) is 0.143. The summed E-state index contributed by atoms with van der Waals surface area (Å²) in [5, 5.41) is 9.95. The van der Waals surface area contributed by atoms with Crippen LogP contribution in [0.25, 0.3) is 0 Å². The van der Waals surface area contributed by atoms with Crippen LogP contribution in [0, 0.1) is 24.4 Å². The van der Waals surface area contributed by atoms with E-state index in [4.69, 9.17) is 0 Å². The van der Waals surface area contributed by atoms with Crippen LogP contribution in [-0.4, -0.2) is 5.11 Å². The van der Waals surface area contributed by atoms with E-state index in [1.165, 1.54) is 0 Å². The van der Waals surface area contributed by atoms with Crippen LogP contribution in [0.1, 0.15) is 22.8 Å². The molecule has 94 valence electrons. The fourth-order valence-electron chi connectivity index (χ4n) is 1.68. The molecule has 1 nitrogen and oxygen atoms in total. The van der Waals surface area contributed by atoms with E-state index in [0.29, 0.717) is 5.56 Å². The minimum absolute atomic E-state index is 0.280. The normalized spacial score (nSPS) is 12.5. The third-order valence-corrected chi connectivity index (χ3v) is 2.75. The monoisotopic (exact) mass is 252 g/mol. The van der Waals surface area contributed by atoms with Crippen LogP contribution in [0.4, 0.5) is 13.2 Å². The molecule has 0 saturated carbocycles. The Kier molecular flexibility index (Phi) is 3.39. The predicted molar refractivity (Wildman–Crippen MR) is 61.6 cm³/mol. The van der Waals surface area contributed by atoms with Gasteiger partial charge in [0, 0.05) is 5.56 Å². The van der Waals surface area contributed by atoms with Crippen molar-refractivity contribution in [3.8, 4) is 0 Å². The highest BCUT2D eigenvalue weighted by Crippen LogP contribution is 2.26. The van der Waals surface area contributed by atoms with Crippen molar-refractivity contribution in [2.75, 3.05) is 0 Å². The molecule has 0 fully saturated rings. The largest absolute Gasteiger partial charge is 0.384 e. The third-order valence-electron chi connectivity index (χ3n) is 2.75. The average molecular weight is 252 g/mol. The molecule has 0 spiro atoms. The summed E-state index contributed by atoms with van der Waals surface area (Å²) in [4.78, 5) is 0. The summed E-state index contributed by atoms with van der Waals surface area (Å²) in [7, 11) is 0. The van der Waals surface area contributed by atoms with Gasteiger partial charge in [0.15, 0.2) is 17.5 Å². The average Bonchev–Trinajstić information content (AvgIpc) is 2.36. The minimum Gasteiger partial charge on any atom is -0.384 e. The lowest BCUT2D eigenvalue weighted by Crippen LogP contribution is -2.05. The molecule has 2 rings (SSSR count). The van der Waals surface area contributed by atoms with Gasteiger partial charge >= 0.3 is 0 Å². The zero-order chi connectivity index (χ0) is 13.3. The highest BCUT2D eigenvalue weighted by Gasteiger charge is 2.20. The van der Waals surface area contributed by atoms with Crippen molar-refractivity contribution in [3.63, 3.8) is 0 Å². The van der Waals surface area contributed by atoms with Gasteiger partial charge in [-0.25, -0.2) is 13.2 Å². The zero-order valence-corrected chi connectivity index (χ0v) is 9.62. The molecule has 0 aromatic heterocycles. The van der Waals surface area contributed by atoms with E-state index in [-0.39, 0.29) is 5.56 Å². The van der Waals surface area contributed by atoms with E-state index >= 15 is 0 Å². The highest BCUT2D eigenvalue weighted by atomic mass is 19.2. The van der Waals surface area contributed by atoms with Crippen LogP contribution in [0.15, 0.2) is 36.4 Å². The van der Waals surface area contributed by atoms with E-state index in [1.54, 1.807) is 24.3 Å². The van der Waals surface area contributed by atoms with Crippen LogP contribution >= 0.6 is 0 Å². The van der Waals surface area contributed by atoms with Gasteiger partial charge < -0.3 is 5.11 Å². The van der Waals surface area contributed by atoms with E-state index < -0.39 is 23.6 Å². The first kappa shape index (κ1) is 12.6. The molecule has 1 N–H and O–H groups in total. The summed E-state index contributed by atoms with van der Waals surface area (Å²) < 4.78 is 39.4. The van der Waals surface area contributed by atoms with Crippen molar-refractivity contribution in [3.05, 3.63) is 70.5 Å². The molecule has 2 aromatic carbocycles. The maximum atomic E-state index is 13.5. The van der Waals surface area contributed by atoms with E-state index in [2.05, 4.69) is 0 Å². The number of hydrogen-bond donors (Lipinski definition) is 1. The van der Waals surface area contributed by atoms with Gasteiger partial charge in [-0.05, 0) is 18.6 Å². The van der Waals surface area contributed by atoms with Crippen LogP contribution in [0.3, 0.4) is 0 Å². The third kappa shape index (κ3) is 2.24. The smallest absolute Gasteiger partial charge is 0.194 e. The molecule has 1 unspecified atom stereocenters. The van der Waals surface area contributed by atoms with Crippen LogP contribution in [0.2, 0.25) is 0 Å². The fourth-order valence-corrected chi connectivity index (χ4v) is 1.68. The quantitative estimate of drug-likeness (QED) is 0.811. The standard InChI is InChI=1S/C14H11F3O/c1-8-2-4-9(5-3-8)14(18)10-6-7-11(15)13(17)12(10)16/h2-7,14,18H,1H3. The topological polar surface area (TPSA) is 20.2 Å². The molecule has 0 saturated heterocycles. The minimum atomic E-state index is -1.57. The number of aryl methyl sites for hydroxylation is 1. The van der Waals surface area contributed by atoms with Crippen LogP contribution < -0.4 is 0 Å². The van der Waals surface area contributed by atoms with Gasteiger partial charge in [0.05, 0.1) is 0 Å². The van der Waals surface area contributed by atoms with Gasteiger partial charge in [0.2, 0.25) is 0 Å². The summed E-state index contributed by atoms with van der Waals surface area (Å²) in [5.74, 6) is -4.20. The summed E-state index contributed by atoms with van der Waals surface area (Å²) in [6.45, 7) is 1.87. The highest BCUT2D eigenvalue weighted by molar-refractivity contribution is 5.33. The maximum absolute atomic E-state index is 13.5. The van der Waals surface area contributed by atoms with Gasteiger partial charge in [0.25, 0.3) is 0 Å². The molecule has 0 radical (unpaired) electrons. The number of hydrogen-bond acceptors (Lipinski definition) is 1. The van der Waals surface area contributed by atoms with Gasteiger partial charge in [-0.3, -0.25) is 0 Å². The van der Waals surface area contributed by atoms with E-state index in [1.807, 2.05) is 6.92 Å². The zero-order valence-electron chi connectivity index (χ0n) is 9.62. The lowest BCUT2D eigenvalue weighted by molar-refractivity contribution is 0.212. The number of aliphatic hydroxyl groups is 1. The SMILES string of the molecule is Cc1ccc(C(O)c2ccc(F)c(F)c2F)cc1. The summed E-state index contributed by atoms with van der Waals surface area (Å²) in [6.07, 6.45) is -1.32. The van der Waals surface area contributed by atoms with Gasteiger partial charge in [0.1, 0.15) is 6.10 Å². The van der Waals surface area contributed by atoms with Crippen molar-refractivity contribution in [2.45, 2.75) is 13.0 Å². The summed E-state index contributed by atoms with van der Waals surface area (Å²) in [5.41, 5.74) is 1.12. The van der Waals surface area contributed by atoms with Gasteiger partial charge in [-0.1, -0.05) is 35.9 Å². The first-order valence-electron chi connectivity index (χ1n) is 5.38. The van der Waals surface area contributed by atoms with Crippen molar-refractivity contribution >= 4 is 0 Å². The first-order chi connectivity index (χ1) is 8.50. The molecule has 1 atom stereocenters.